The topological polar surface area (TPSA) is 64.4 Å². The highest BCUT2D eigenvalue weighted by Gasteiger charge is 2.12. The van der Waals surface area contributed by atoms with Crippen molar-refractivity contribution in [2.75, 3.05) is 27.2 Å². The zero-order chi connectivity index (χ0) is 24.9. The summed E-state index contributed by atoms with van der Waals surface area (Å²) in [6.07, 6.45) is 0. The summed E-state index contributed by atoms with van der Waals surface area (Å²) in [7, 11) is 5.75. The molecule has 4 rings (SSSR count). The minimum atomic E-state index is -0.0364. The number of benzene rings is 3. The molecule has 0 radical (unpaired) electrons. The molecule has 0 spiro atoms. The fraction of sp³-hybridized carbons (Fsp3) is 0.250. The number of hydrogen-bond donors (Lipinski definition) is 0. The second-order valence-corrected chi connectivity index (χ2v) is 9.66. The zero-order valence-electron chi connectivity index (χ0n) is 20.4. The number of carbonyl (C=O) groups excluding carboxylic acids is 1. The maximum absolute atomic E-state index is 12.9. The maximum Gasteiger partial charge on any atom is 0.262 e. The maximum atomic E-state index is 12.9. The van der Waals surface area contributed by atoms with Gasteiger partial charge >= 0.3 is 0 Å². The normalized spacial score (nSPS) is 11.2. The van der Waals surface area contributed by atoms with Gasteiger partial charge in [0.1, 0.15) is 12.4 Å². The lowest BCUT2D eigenvalue weighted by Crippen LogP contribution is -2.20. The molecule has 0 saturated carbocycles. The summed E-state index contributed by atoms with van der Waals surface area (Å²) in [4.78, 5) is 32.4. The third-order valence-corrected chi connectivity index (χ3v) is 6.88. The lowest BCUT2D eigenvalue weighted by Gasteiger charge is -2.11. The van der Waals surface area contributed by atoms with Crippen LogP contribution < -0.4 is 10.3 Å². The Kier molecular flexibility index (Phi) is 7.68. The lowest BCUT2D eigenvalue weighted by molar-refractivity contribution is 0.103. The Bertz CT molecular complexity index is 1390. The molecule has 1 heterocycles. The van der Waals surface area contributed by atoms with E-state index in [0.717, 1.165) is 23.4 Å². The van der Waals surface area contributed by atoms with Crippen LogP contribution in [0.15, 0.2) is 76.7 Å². The van der Waals surface area contributed by atoms with E-state index in [1.807, 2.05) is 75.6 Å². The molecule has 0 saturated heterocycles. The number of ether oxygens (including phenoxy) is 1. The summed E-state index contributed by atoms with van der Waals surface area (Å²) in [5.41, 5.74) is 3.91. The zero-order valence-corrected chi connectivity index (χ0v) is 21.3. The Balaban J connectivity index is 1.41. The summed E-state index contributed by atoms with van der Waals surface area (Å²) in [5, 5.41) is 1.33. The van der Waals surface area contributed by atoms with Crippen molar-refractivity contribution in [1.29, 1.82) is 0 Å². The van der Waals surface area contributed by atoms with Crippen molar-refractivity contribution in [1.82, 2.24) is 14.5 Å². The number of rotatable bonds is 9. The molecule has 0 bridgehead atoms. The highest BCUT2D eigenvalue weighted by molar-refractivity contribution is 7.98. The van der Waals surface area contributed by atoms with Crippen LogP contribution in [-0.4, -0.2) is 47.5 Å². The second-order valence-electron chi connectivity index (χ2n) is 8.72. The van der Waals surface area contributed by atoms with Crippen LogP contribution in [0.3, 0.4) is 0 Å². The lowest BCUT2D eigenvalue weighted by atomic mass is 10.0. The van der Waals surface area contributed by atoms with Gasteiger partial charge in [-0.15, -0.1) is 0 Å². The van der Waals surface area contributed by atoms with E-state index in [1.165, 1.54) is 11.8 Å². The van der Waals surface area contributed by atoms with Crippen LogP contribution in [0.5, 0.6) is 5.75 Å². The van der Waals surface area contributed by atoms with Gasteiger partial charge in [0.15, 0.2) is 10.9 Å². The summed E-state index contributed by atoms with van der Waals surface area (Å²) in [6, 6.07) is 20.5. The predicted octanol–water partition coefficient (Wildman–Crippen LogP) is 4.71. The van der Waals surface area contributed by atoms with Gasteiger partial charge in [0.05, 0.1) is 10.9 Å². The molecule has 0 aliphatic carbocycles. The standard InChI is InChI=1S/C28H29N3O3S/c1-19-6-5-7-24-25(19)27(33)31(4)28(29-24)35-18-20-8-10-21(11-9-20)26(32)22-12-14-23(15-13-22)34-17-16-30(2)3/h5-15H,16-18H2,1-4H3. The van der Waals surface area contributed by atoms with E-state index in [4.69, 9.17) is 9.72 Å². The molecule has 4 aromatic rings. The average Bonchev–Trinajstić information content (AvgIpc) is 2.85. The first-order chi connectivity index (χ1) is 16.8. The van der Waals surface area contributed by atoms with E-state index in [9.17, 15) is 9.59 Å². The summed E-state index contributed by atoms with van der Waals surface area (Å²) in [6.45, 7) is 3.36. The van der Waals surface area contributed by atoms with Crippen molar-refractivity contribution in [3.63, 3.8) is 0 Å². The Labute approximate surface area is 209 Å². The Morgan fingerprint density at radius 3 is 2.31 bits per heavy atom. The molecule has 0 N–H and O–H groups in total. The van der Waals surface area contributed by atoms with Crippen molar-refractivity contribution in [2.45, 2.75) is 17.8 Å². The Hall–Kier alpha value is -3.42. The first-order valence-electron chi connectivity index (χ1n) is 11.4. The molecule has 6 nitrogen and oxygen atoms in total. The molecule has 35 heavy (non-hydrogen) atoms. The third-order valence-electron chi connectivity index (χ3n) is 5.78. The molecule has 0 atom stereocenters. The van der Waals surface area contributed by atoms with E-state index < -0.39 is 0 Å². The van der Waals surface area contributed by atoms with Crippen molar-refractivity contribution in [2.24, 2.45) is 7.05 Å². The van der Waals surface area contributed by atoms with Gasteiger partial charge in [0.25, 0.3) is 5.56 Å². The van der Waals surface area contributed by atoms with E-state index in [-0.39, 0.29) is 11.3 Å². The molecule has 3 aromatic carbocycles. The SMILES string of the molecule is Cc1cccc2nc(SCc3ccc(C(=O)c4ccc(OCCN(C)C)cc4)cc3)n(C)c(=O)c12. The number of nitrogens with zero attached hydrogens (tertiary/aromatic N) is 3. The van der Waals surface area contributed by atoms with Crippen molar-refractivity contribution >= 4 is 28.4 Å². The number of aromatic nitrogens is 2. The Morgan fingerprint density at radius 1 is 1.00 bits per heavy atom. The molecule has 0 fully saturated rings. The van der Waals surface area contributed by atoms with Crippen LogP contribution >= 0.6 is 11.8 Å². The van der Waals surface area contributed by atoms with E-state index in [2.05, 4.69) is 4.90 Å². The van der Waals surface area contributed by atoms with Gasteiger partial charge < -0.3 is 9.64 Å². The molecular weight excluding hydrogens is 458 g/mol. The minimum Gasteiger partial charge on any atom is -0.492 e. The molecule has 7 heteroatoms. The fourth-order valence-corrected chi connectivity index (χ4v) is 4.63. The molecule has 0 aliphatic heterocycles. The smallest absolute Gasteiger partial charge is 0.262 e. The van der Waals surface area contributed by atoms with Gasteiger partial charge in [-0.2, -0.15) is 0 Å². The van der Waals surface area contributed by atoms with Crippen LogP contribution in [0, 0.1) is 6.92 Å². The number of likely N-dealkylation sites (N-methyl/N-ethyl adjacent to an activating group) is 1. The van der Waals surface area contributed by atoms with Gasteiger partial charge in [-0.25, -0.2) is 4.98 Å². The monoisotopic (exact) mass is 487 g/mol. The van der Waals surface area contributed by atoms with Gasteiger partial charge in [-0.05, 0) is 62.5 Å². The van der Waals surface area contributed by atoms with Crippen LogP contribution in [0.25, 0.3) is 10.9 Å². The van der Waals surface area contributed by atoms with Crippen LogP contribution in [0.2, 0.25) is 0 Å². The summed E-state index contributed by atoms with van der Waals surface area (Å²) in [5.74, 6) is 1.37. The second kappa shape index (κ2) is 10.9. The summed E-state index contributed by atoms with van der Waals surface area (Å²) >= 11 is 1.51. The number of fused-ring (bicyclic) bond motifs is 1. The number of hydrogen-bond acceptors (Lipinski definition) is 6. The van der Waals surface area contributed by atoms with Crippen LogP contribution in [0.4, 0.5) is 0 Å². The predicted molar refractivity (Wildman–Crippen MR) is 142 cm³/mol. The molecule has 0 amide bonds. The van der Waals surface area contributed by atoms with E-state index in [0.29, 0.717) is 39.5 Å². The first-order valence-corrected chi connectivity index (χ1v) is 12.4. The van der Waals surface area contributed by atoms with Gasteiger partial charge in [-0.3, -0.25) is 14.2 Å². The molecule has 1 aromatic heterocycles. The van der Waals surface area contributed by atoms with Crippen molar-refractivity contribution < 1.29 is 9.53 Å². The number of thioether (sulfide) groups is 1. The largest absolute Gasteiger partial charge is 0.492 e. The van der Waals surface area contributed by atoms with Crippen LogP contribution in [0.1, 0.15) is 27.0 Å². The first kappa shape index (κ1) is 24.7. The highest BCUT2D eigenvalue weighted by Crippen LogP contribution is 2.23. The minimum absolute atomic E-state index is 0.0296. The van der Waals surface area contributed by atoms with Crippen molar-refractivity contribution in [3.8, 4) is 5.75 Å². The molecule has 0 unspecified atom stereocenters. The molecule has 0 aliphatic rings. The highest BCUT2D eigenvalue weighted by atomic mass is 32.2. The molecular formula is C28H29N3O3S. The van der Waals surface area contributed by atoms with Crippen molar-refractivity contribution in [3.05, 3.63) is 99.3 Å². The third kappa shape index (κ3) is 5.81. The van der Waals surface area contributed by atoms with Gasteiger partial charge in [0, 0.05) is 30.5 Å². The number of carbonyl (C=O) groups is 1. The average molecular weight is 488 g/mol. The van der Waals surface area contributed by atoms with E-state index >= 15 is 0 Å². The quantitative estimate of drug-likeness (QED) is 0.194. The van der Waals surface area contributed by atoms with Gasteiger partial charge in [0.2, 0.25) is 0 Å². The number of ketones is 1. The van der Waals surface area contributed by atoms with E-state index in [1.54, 1.807) is 23.7 Å². The van der Waals surface area contributed by atoms with Gasteiger partial charge in [-0.1, -0.05) is 48.2 Å². The number of aryl methyl sites for hydroxylation is 1. The Morgan fingerprint density at radius 2 is 1.66 bits per heavy atom. The fourth-order valence-electron chi connectivity index (χ4n) is 3.70. The summed E-state index contributed by atoms with van der Waals surface area (Å²) < 4.78 is 7.30. The van der Waals surface area contributed by atoms with Crippen LogP contribution in [-0.2, 0) is 12.8 Å². The molecule has 180 valence electrons.